The summed E-state index contributed by atoms with van der Waals surface area (Å²) in [5, 5.41) is 3.06. The fourth-order valence-electron chi connectivity index (χ4n) is 0.976. The molecule has 0 saturated carbocycles. The van der Waals surface area contributed by atoms with Gasteiger partial charge < -0.3 is 5.32 Å². The van der Waals surface area contributed by atoms with Crippen LogP contribution in [0.25, 0.3) is 0 Å². The highest BCUT2D eigenvalue weighted by Crippen LogP contribution is 2.19. The van der Waals surface area contributed by atoms with Crippen molar-refractivity contribution in [1.82, 2.24) is 9.97 Å². The third kappa shape index (κ3) is 2.52. The average molecular weight is 291 g/mol. The second-order valence-corrected chi connectivity index (χ2v) is 4.15. The Kier molecular flexibility index (Phi) is 3.90. The van der Waals surface area contributed by atoms with Gasteiger partial charge in [0.15, 0.2) is 0 Å². The van der Waals surface area contributed by atoms with Gasteiger partial charge in [0.2, 0.25) is 0 Å². The first kappa shape index (κ1) is 10.7. The Labute approximate surface area is 92.5 Å². The normalized spacial score (nSPS) is 12.6. The van der Waals surface area contributed by atoms with Crippen LogP contribution in [0, 0.1) is 3.57 Å². The number of nitrogens with one attached hydrogen (secondary N) is 1. The van der Waals surface area contributed by atoms with Crippen LogP contribution < -0.4 is 5.32 Å². The average Bonchev–Trinajstić information content (AvgIpc) is 2.17. The third-order valence-electron chi connectivity index (χ3n) is 2.05. The molecule has 1 atom stereocenters. The maximum absolute atomic E-state index is 4.43. The number of anilines is 1. The number of nitrogens with zero attached hydrogens (tertiary/aromatic N) is 2. The van der Waals surface area contributed by atoms with Gasteiger partial charge in [0.25, 0.3) is 0 Å². The van der Waals surface area contributed by atoms with Crippen molar-refractivity contribution >= 4 is 28.4 Å². The molecule has 0 aliphatic rings. The van der Waals surface area contributed by atoms with E-state index in [1.54, 1.807) is 0 Å². The second kappa shape index (κ2) is 4.74. The van der Waals surface area contributed by atoms with E-state index in [0.717, 1.165) is 21.6 Å². The summed E-state index contributed by atoms with van der Waals surface area (Å²) < 4.78 is 1.06. The molecule has 4 heteroatoms. The highest BCUT2D eigenvalue weighted by molar-refractivity contribution is 14.1. The predicted molar refractivity (Wildman–Crippen MR) is 63.0 cm³/mol. The molecule has 0 bridgehead atoms. The fourth-order valence-corrected chi connectivity index (χ4v) is 1.51. The number of rotatable bonds is 3. The Morgan fingerprint density at radius 3 is 2.85 bits per heavy atom. The van der Waals surface area contributed by atoms with Crippen LogP contribution in [-0.4, -0.2) is 17.0 Å². The lowest BCUT2D eigenvalue weighted by molar-refractivity contribution is 0.678. The summed E-state index contributed by atoms with van der Waals surface area (Å²) in [6, 6.07) is 0. The van der Waals surface area contributed by atoms with Crippen molar-refractivity contribution in [3.05, 3.63) is 15.6 Å². The lowest BCUT2D eigenvalue weighted by atomic mass is 10.1. The first-order valence-corrected chi connectivity index (χ1v) is 5.47. The number of hydrogen-bond acceptors (Lipinski definition) is 3. The van der Waals surface area contributed by atoms with Crippen molar-refractivity contribution in [1.29, 1.82) is 0 Å². The molecule has 0 aliphatic carbocycles. The molecule has 3 nitrogen and oxygen atoms in total. The first-order valence-electron chi connectivity index (χ1n) is 4.39. The van der Waals surface area contributed by atoms with Gasteiger partial charge in [-0.3, -0.25) is 0 Å². The molecule has 1 aromatic heterocycles. The lowest BCUT2D eigenvalue weighted by Gasteiger charge is -2.09. The molecule has 1 rings (SSSR count). The Bertz CT molecular complexity index is 288. The zero-order valence-corrected chi connectivity index (χ0v) is 10.3. The zero-order chi connectivity index (χ0) is 9.84. The van der Waals surface area contributed by atoms with Crippen LogP contribution >= 0.6 is 22.6 Å². The third-order valence-corrected chi connectivity index (χ3v) is 2.84. The van der Waals surface area contributed by atoms with E-state index in [2.05, 4.69) is 51.7 Å². The number of aromatic nitrogens is 2. The molecule has 0 spiro atoms. The minimum absolute atomic E-state index is 0.434. The van der Waals surface area contributed by atoms with Crippen LogP contribution in [0.15, 0.2) is 6.20 Å². The van der Waals surface area contributed by atoms with E-state index in [-0.39, 0.29) is 0 Å². The van der Waals surface area contributed by atoms with E-state index in [1.165, 1.54) is 0 Å². The van der Waals surface area contributed by atoms with Crippen LogP contribution in [0.3, 0.4) is 0 Å². The summed E-state index contributed by atoms with van der Waals surface area (Å²) in [5.74, 6) is 2.28. The molecule has 1 heterocycles. The van der Waals surface area contributed by atoms with Crippen molar-refractivity contribution in [3.63, 3.8) is 0 Å². The van der Waals surface area contributed by atoms with Crippen molar-refractivity contribution in [2.24, 2.45) is 0 Å². The van der Waals surface area contributed by atoms with Gasteiger partial charge in [-0.05, 0) is 29.0 Å². The summed E-state index contributed by atoms with van der Waals surface area (Å²) >= 11 is 2.23. The molecule has 0 amide bonds. The van der Waals surface area contributed by atoms with Gasteiger partial charge in [-0.2, -0.15) is 0 Å². The van der Waals surface area contributed by atoms with Gasteiger partial charge >= 0.3 is 0 Å². The summed E-state index contributed by atoms with van der Waals surface area (Å²) in [6.07, 6.45) is 2.94. The molecule has 1 unspecified atom stereocenters. The molecule has 0 saturated heterocycles. The number of hydrogen-bond donors (Lipinski definition) is 1. The van der Waals surface area contributed by atoms with Crippen molar-refractivity contribution < 1.29 is 0 Å². The SMILES string of the molecule is CCC(C)c1ncc(I)c(NC)n1. The van der Waals surface area contributed by atoms with E-state index in [9.17, 15) is 0 Å². The standard InChI is InChI=1S/C9H14IN3/c1-4-6(2)8-12-5-7(10)9(11-3)13-8/h5-6H,4H2,1-3H3,(H,11,12,13). The van der Waals surface area contributed by atoms with Crippen LogP contribution in [0.1, 0.15) is 32.0 Å². The molecule has 13 heavy (non-hydrogen) atoms. The Morgan fingerprint density at radius 2 is 2.31 bits per heavy atom. The van der Waals surface area contributed by atoms with E-state index in [4.69, 9.17) is 0 Å². The van der Waals surface area contributed by atoms with Gasteiger partial charge in [-0.15, -0.1) is 0 Å². The molecule has 72 valence electrons. The minimum atomic E-state index is 0.434. The zero-order valence-electron chi connectivity index (χ0n) is 8.13. The first-order chi connectivity index (χ1) is 6.19. The summed E-state index contributed by atoms with van der Waals surface area (Å²) in [7, 11) is 1.88. The lowest BCUT2D eigenvalue weighted by Crippen LogP contribution is -2.04. The minimum Gasteiger partial charge on any atom is -0.372 e. The van der Waals surface area contributed by atoms with Crippen LogP contribution in [0.5, 0.6) is 0 Å². The van der Waals surface area contributed by atoms with Crippen LogP contribution in [-0.2, 0) is 0 Å². The van der Waals surface area contributed by atoms with Gasteiger partial charge in [0.1, 0.15) is 11.6 Å². The molecule has 0 fully saturated rings. The predicted octanol–water partition coefficient (Wildman–Crippen LogP) is 2.64. The summed E-state index contributed by atoms with van der Waals surface area (Å²) in [5.41, 5.74) is 0. The van der Waals surface area contributed by atoms with Crippen molar-refractivity contribution in [3.8, 4) is 0 Å². The monoisotopic (exact) mass is 291 g/mol. The molecule has 0 radical (unpaired) electrons. The van der Waals surface area contributed by atoms with Crippen molar-refractivity contribution in [2.45, 2.75) is 26.2 Å². The topological polar surface area (TPSA) is 37.8 Å². The number of halogens is 1. The second-order valence-electron chi connectivity index (χ2n) is 2.98. The fraction of sp³-hybridized carbons (Fsp3) is 0.556. The highest BCUT2D eigenvalue weighted by atomic mass is 127. The van der Waals surface area contributed by atoms with Crippen LogP contribution in [0.4, 0.5) is 5.82 Å². The van der Waals surface area contributed by atoms with Crippen LogP contribution in [0.2, 0.25) is 0 Å². The molecular weight excluding hydrogens is 277 g/mol. The van der Waals surface area contributed by atoms with Gasteiger partial charge in [-0.25, -0.2) is 9.97 Å². The highest BCUT2D eigenvalue weighted by Gasteiger charge is 2.08. The largest absolute Gasteiger partial charge is 0.372 e. The van der Waals surface area contributed by atoms with Crippen molar-refractivity contribution in [2.75, 3.05) is 12.4 Å². The quantitative estimate of drug-likeness (QED) is 0.870. The van der Waals surface area contributed by atoms with Gasteiger partial charge in [0.05, 0.1) is 3.57 Å². The van der Waals surface area contributed by atoms with E-state index in [1.807, 2.05) is 13.2 Å². The van der Waals surface area contributed by atoms with E-state index in [0.29, 0.717) is 5.92 Å². The molecular formula is C9H14IN3. The van der Waals surface area contributed by atoms with Gasteiger partial charge in [-0.1, -0.05) is 13.8 Å². The summed E-state index contributed by atoms with van der Waals surface area (Å²) in [4.78, 5) is 8.73. The maximum atomic E-state index is 4.43. The van der Waals surface area contributed by atoms with Gasteiger partial charge in [0, 0.05) is 19.2 Å². The maximum Gasteiger partial charge on any atom is 0.142 e. The molecule has 1 N–H and O–H groups in total. The summed E-state index contributed by atoms with van der Waals surface area (Å²) in [6.45, 7) is 4.28. The molecule has 1 aromatic rings. The smallest absolute Gasteiger partial charge is 0.142 e. The Morgan fingerprint density at radius 1 is 1.62 bits per heavy atom. The Hall–Kier alpha value is -0.390. The van der Waals surface area contributed by atoms with E-state index >= 15 is 0 Å². The molecule has 0 aliphatic heterocycles. The van der Waals surface area contributed by atoms with E-state index < -0.39 is 0 Å². The Balaban J connectivity index is 2.99. The molecule has 0 aromatic carbocycles.